The van der Waals surface area contributed by atoms with Gasteiger partial charge in [-0.3, -0.25) is 14.7 Å². The van der Waals surface area contributed by atoms with Crippen molar-refractivity contribution < 1.29 is 4.79 Å². The van der Waals surface area contributed by atoms with Crippen LogP contribution in [0.3, 0.4) is 0 Å². The highest BCUT2D eigenvalue weighted by molar-refractivity contribution is 7.17. The molecule has 3 aromatic rings. The van der Waals surface area contributed by atoms with Gasteiger partial charge in [-0.15, -0.1) is 22.7 Å². The molecule has 0 saturated heterocycles. The molecule has 3 nitrogen and oxygen atoms in total. The molecule has 0 saturated carbocycles. The molecule has 0 spiro atoms. The van der Waals surface area contributed by atoms with Crippen LogP contribution < -0.4 is 4.90 Å². The lowest BCUT2D eigenvalue weighted by molar-refractivity contribution is -0.117. The van der Waals surface area contributed by atoms with Gasteiger partial charge in [0, 0.05) is 10.4 Å². The number of hydrogen-bond acceptors (Lipinski definition) is 4. The number of amides is 1. The number of carbonyl (C=O) groups is 1. The van der Waals surface area contributed by atoms with Crippen LogP contribution in [0.15, 0.2) is 52.8 Å². The van der Waals surface area contributed by atoms with Crippen LogP contribution in [0.5, 0.6) is 0 Å². The molecule has 2 aromatic heterocycles. The van der Waals surface area contributed by atoms with Crippen molar-refractivity contribution >= 4 is 39.3 Å². The van der Waals surface area contributed by atoms with Gasteiger partial charge < -0.3 is 0 Å². The molecule has 5 heteroatoms. The van der Waals surface area contributed by atoms with Gasteiger partial charge in [-0.05, 0) is 36.4 Å². The molecule has 1 amide bonds. The van der Waals surface area contributed by atoms with Gasteiger partial charge >= 0.3 is 0 Å². The number of aryl methyl sites for hydroxylation is 1. The van der Waals surface area contributed by atoms with E-state index in [9.17, 15) is 4.79 Å². The van der Waals surface area contributed by atoms with Crippen molar-refractivity contribution in [2.45, 2.75) is 20.4 Å². The Kier molecular flexibility index (Phi) is 4.27. The Morgan fingerprint density at radius 2 is 1.92 bits per heavy atom. The summed E-state index contributed by atoms with van der Waals surface area (Å²) in [7, 11) is 0. The van der Waals surface area contributed by atoms with Gasteiger partial charge in [0.1, 0.15) is 11.5 Å². The summed E-state index contributed by atoms with van der Waals surface area (Å²) < 4.78 is 0. The fourth-order valence-corrected chi connectivity index (χ4v) is 4.96. The molecular formula is C20H18N2OS2. The van der Waals surface area contributed by atoms with Gasteiger partial charge in [-0.2, -0.15) is 0 Å². The average Bonchev–Trinajstić information content (AvgIpc) is 3.22. The Morgan fingerprint density at radius 3 is 2.64 bits per heavy atom. The zero-order chi connectivity index (χ0) is 17.4. The van der Waals surface area contributed by atoms with E-state index in [4.69, 9.17) is 4.99 Å². The summed E-state index contributed by atoms with van der Waals surface area (Å²) in [5.74, 6) is 0.0536. The highest BCUT2D eigenvalue weighted by atomic mass is 32.1. The van der Waals surface area contributed by atoms with E-state index >= 15 is 0 Å². The maximum Gasteiger partial charge on any atom is 0.249 e. The predicted octanol–water partition coefficient (Wildman–Crippen LogP) is 4.81. The molecule has 0 unspecified atom stereocenters. The summed E-state index contributed by atoms with van der Waals surface area (Å²) in [5, 5.41) is 3.08. The summed E-state index contributed by atoms with van der Waals surface area (Å²) in [6.07, 6.45) is 0. The first-order valence-corrected chi connectivity index (χ1v) is 9.87. The second-order valence-electron chi connectivity index (χ2n) is 6.07. The summed E-state index contributed by atoms with van der Waals surface area (Å²) in [6, 6.07) is 14.3. The second-order valence-corrected chi connectivity index (χ2v) is 8.22. The minimum atomic E-state index is 0.0536. The Morgan fingerprint density at radius 1 is 1.12 bits per heavy atom. The third kappa shape index (κ3) is 2.94. The smallest absolute Gasteiger partial charge is 0.249 e. The normalized spacial score (nSPS) is 14.2. The summed E-state index contributed by atoms with van der Waals surface area (Å²) >= 11 is 3.36. The van der Waals surface area contributed by atoms with Gasteiger partial charge in [-0.1, -0.05) is 36.4 Å². The molecule has 1 aliphatic rings. The van der Waals surface area contributed by atoms with Gasteiger partial charge in [0.05, 0.1) is 17.1 Å². The molecular weight excluding hydrogens is 348 g/mol. The van der Waals surface area contributed by atoms with E-state index in [1.165, 1.54) is 10.4 Å². The molecule has 0 fully saturated rings. The Balaban J connectivity index is 1.84. The average molecular weight is 367 g/mol. The van der Waals surface area contributed by atoms with Crippen LogP contribution in [0.4, 0.5) is 5.00 Å². The number of fused-ring (bicyclic) bond motifs is 1. The zero-order valence-electron chi connectivity index (χ0n) is 14.2. The van der Waals surface area contributed by atoms with Crippen LogP contribution in [-0.2, 0) is 11.3 Å². The molecule has 3 heterocycles. The van der Waals surface area contributed by atoms with E-state index in [0.29, 0.717) is 6.54 Å². The highest BCUT2D eigenvalue weighted by Gasteiger charge is 2.29. The summed E-state index contributed by atoms with van der Waals surface area (Å²) in [5.41, 5.74) is 4.42. The van der Waals surface area contributed by atoms with E-state index < -0.39 is 0 Å². The first-order chi connectivity index (χ1) is 12.1. The van der Waals surface area contributed by atoms with Crippen molar-refractivity contribution in [2.24, 2.45) is 4.99 Å². The topological polar surface area (TPSA) is 32.7 Å². The van der Waals surface area contributed by atoms with E-state index in [2.05, 4.69) is 37.4 Å². The minimum absolute atomic E-state index is 0.0536. The van der Waals surface area contributed by atoms with Gasteiger partial charge in [-0.25, -0.2) is 0 Å². The number of thiophene rings is 2. The lowest BCUT2D eigenvalue weighted by Gasteiger charge is -2.20. The van der Waals surface area contributed by atoms with Crippen LogP contribution in [0.25, 0.3) is 0 Å². The van der Waals surface area contributed by atoms with E-state index in [1.807, 2.05) is 29.2 Å². The molecule has 0 atom stereocenters. The van der Waals surface area contributed by atoms with Crippen molar-refractivity contribution in [3.05, 3.63) is 74.3 Å². The van der Waals surface area contributed by atoms with Gasteiger partial charge in [0.15, 0.2) is 0 Å². The van der Waals surface area contributed by atoms with Crippen LogP contribution >= 0.6 is 22.7 Å². The maximum atomic E-state index is 12.8. The molecule has 0 aliphatic carbocycles. The maximum absolute atomic E-state index is 12.8. The van der Waals surface area contributed by atoms with Crippen LogP contribution in [-0.4, -0.2) is 18.2 Å². The lowest BCUT2D eigenvalue weighted by Crippen LogP contribution is -2.31. The quantitative estimate of drug-likeness (QED) is 0.655. The van der Waals surface area contributed by atoms with E-state index in [0.717, 1.165) is 26.7 Å². The molecule has 126 valence electrons. The Bertz CT molecular complexity index is 940. The molecule has 4 rings (SSSR count). The SMILES string of the molecule is Cc1sc2c(c1C)C(c1cccs1)=NCC(=O)N2Cc1ccccc1. The number of hydrogen-bond donors (Lipinski definition) is 0. The molecule has 1 aliphatic heterocycles. The number of nitrogens with zero attached hydrogens (tertiary/aromatic N) is 2. The van der Waals surface area contributed by atoms with Crippen molar-refractivity contribution in [1.29, 1.82) is 0 Å². The van der Waals surface area contributed by atoms with Crippen molar-refractivity contribution in [3.63, 3.8) is 0 Å². The summed E-state index contributed by atoms with van der Waals surface area (Å²) in [6.45, 7) is 5.02. The number of anilines is 1. The van der Waals surface area contributed by atoms with Crippen molar-refractivity contribution in [2.75, 3.05) is 11.4 Å². The molecule has 0 radical (unpaired) electrons. The number of aliphatic imine (C=N–C) groups is 1. The molecule has 1 aromatic carbocycles. The highest BCUT2D eigenvalue weighted by Crippen LogP contribution is 2.39. The predicted molar refractivity (Wildman–Crippen MR) is 106 cm³/mol. The number of carbonyl (C=O) groups excluding carboxylic acids is 1. The monoisotopic (exact) mass is 366 g/mol. The fraction of sp³-hybridized carbons (Fsp3) is 0.200. The van der Waals surface area contributed by atoms with Crippen LogP contribution in [0.1, 0.15) is 26.4 Å². The molecule has 25 heavy (non-hydrogen) atoms. The van der Waals surface area contributed by atoms with Gasteiger partial charge in [0.2, 0.25) is 5.91 Å². The Labute approximate surface area is 155 Å². The van der Waals surface area contributed by atoms with Crippen molar-refractivity contribution in [1.82, 2.24) is 0 Å². The molecule has 0 bridgehead atoms. The standard InChI is InChI=1S/C20H18N2OS2/c1-13-14(2)25-20-18(13)19(16-9-6-10-24-16)21-11-17(23)22(20)12-15-7-4-3-5-8-15/h3-10H,11-12H2,1-2H3. The largest absolute Gasteiger partial charge is 0.297 e. The zero-order valence-corrected chi connectivity index (χ0v) is 15.8. The van der Waals surface area contributed by atoms with E-state index in [1.54, 1.807) is 22.7 Å². The number of benzene rings is 1. The second kappa shape index (κ2) is 6.58. The van der Waals surface area contributed by atoms with Gasteiger partial charge in [0.25, 0.3) is 0 Å². The van der Waals surface area contributed by atoms with Crippen molar-refractivity contribution in [3.8, 4) is 0 Å². The molecule has 0 N–H and O–H groups in total. The third-order valence-electron chi connectivity index (χ3n) is 4.46. The number of rotatable bonds is 3. The first kappa shape index (κ1) is 16.2. The van der Waals surface area contributed by atoms with E-state index in [-0.39, 0.29) is 12.5 Å². The first-order valence-electron chi connectivity index (χ1n) is 8.18. The minimum Gasteiger partial charge on any atom is -0.297 e. The lowest BCUT2D eigenvalue weighted by atomic mass is 10.1. The van der Waals surface area contributed by atoms with Crippen LogP contribution in [0.2, 0.25) is 0 Å². The fourth-order valence-electron chi connectivity index (χ4n) is 3.04. The summed E-state index contributed by atoms with van der Waals surface area (Å²) in [4.78, 5) is 21.8. The Hall–Kier alpha value is -2.24. The third-order valence-corrected chi connectivity index (χ3v) is 6.57. The van der Waals surface area contributed by atoms with Crippen LogP contribution in [0, 0.1) is 13.8 Å².